The topological polar surface area (TPSA) is 71.6 Å². The Morgan fingerprint density at radius 1 is 1.23 bits per heavy atom. The van der Waals surface area contributed by atoms with Crippen LogP contribution in [0, 0.1) is 0 Å². The summed E-state index contributed by atoms with van der Waals surface area (Å²) in [7, 11) is 0. The molecule has 1 aromatic carbocycles. The van der Waals surface area contributed by atoms with Gasteiger partial charge in [0.2, 0.25) is 0 Å². The van der Waals surface area contributed by atoms with E-state index in [0.717, 1.165) is 71.4 Å². The Kier molecular flexibility index (Phi) is 5.43. The number of aromatic nitrogens is 2. The van der Waals surface area contributed by atoms with Gasteiger partial charge in [0.15, 0.2) is 5.82 Å². The Bertz CT molecular complexity index is 1220. The summed E-state index contributed by atoms with van der Waals surface area (Å²) in [5, 5.41) is 1.19. The van der Waals surface area contributed by atoms with Gasteiger partial charge in [-0.3, -0.25) is 9.89 Å². The van der Waals surface area contributed by atoms with Crippen LogP contribution >= 0.6 is 27.5 Å². The van der Waals surface area contributed by atoms with Crippen LogP contribution in [-0.2, 0) is 19.5 Å². The highest BCUT2D eigenvalue weighted by Crippen LogP contribution is 2.29. The average molecular weight is 488 g/mol. The highest BCUT2D eigenvalue weighted by atomic mass is 79.9. The van der Waals surface area contributed by atoms with Gasteiger partial charge in [-0.2, -0.15) is 0 Å². The largest absolute Gasteiger partial charge is 0.422 e. The lowest BCUT2D eigenvalue weighted by Crippen LogP contribution is -2.33. The molecule has 0 atom stereocenters. The van der Waals surface area contributed by atoms with Gasteiger partial charge in [0.05, 0.1) is 22.0 Å². The molecule has 0 saturated heterocycles. The molecule has 0 saturated carbocycles. The van der Waals surface area contributed by atoms with Crippen LogP contribution in [0.1, 0.15) is 41.9 Å². The monoisotopic (exact) mass is 486 g/mol. The highest BCUT2D eigenvalue weighted by molar-refractivity contribution is 9.10. The predicted octanol–water partition coefficient (Wildman–Crippen LogP) is 4.53. The van der Waals surface area contributed by atoms with E-state index >= 15 is 0 Å². The molecule has 0 bridgehead atoms. The fraction of sp³-hybridized carbons (Fsp3) is 0.364. The lowest BCUT2D eigenvalue weighted by molar-refractivity contribution is 0.240. The molecular formula is C22H20BrClN4O2. The molecule has 0 amide bonds. The fourth-order valence-corrected chi connectivity index (χ4v) is 4.71. The van der Waals surface area contributed by atoms with Crippen molar-refractivity contribution < 1.29 is 4.42 Å². The third kappa shape index (κ3) is 3.82. The molecule has 5 rings (SSSR count). The minimum Gasteiger partial charge on any atom is -0.422 e. The van der Waals surface area contributed by atoms with Crippen LogP contribution in [-0.4, -0.2) is 33.7 Å². The van der Waals surface area contributed by atoms with E-state index in [9.17, 15) is 4.79 Å². The van der Waals surface area contributed by atoms with E-state index in [1.807, 2.05) is 18.3 Å². The normalized spacial score (nSPS) is 17.1. The Balaban J connectivity index is 1.39. The zero-order valence-electron chi connectivity index (χ0n) is 16.3. The molecule has 0 spiro atoms. The SMILES string of the molecule is O=c1oc2ccc(Br)cc2c(Cl)c1CN1CCc2nc(C3=NCCCC3)ncc2C1. The number of fused-ring (bicyclic) bond motifs is 2. The maximum absolute atomic E-state index is 12.6. The van der Waals surface area contributed by atoms with Crippen LogP contribution in [0.5, 0.6) is 0 Å². The minimum absolute atomic E-state index is 0.387. The molecule has 3 aromatic rings. The first kappa shape index (κ1) is 19.8. The van der Waals surface area contributed by atoms with Crippen LogP contribution in [0.25, 0.3) is 11.0 Å². The third-order valence-corrected chi connectivity index (χ3v) is 6.59. The Morgan fingerprint density at radius 2 is 2.13 bits per heavy atom. The molecule has 0 unspecified atom stereocenters. The fourth-order valence-electron chi connectivity index (χ4n) is 4.06. The van der Waals surface area contributed by atoms with Crippen molar-refractivity contribution in [3.8, 4) is 0 Å². The molecule has 30 heavy (non-hydrogen) atoms. The number of aliphatic imine (C=N–C) groups is 1. The van der Waals surface area contributed by atoms with E-state index in [1.165, 1.54) is 0 Å². The summed E-state index contributed by atoms with van der Waals surface area (Å²) in [6.07, 6.45) is 5.96. The second-order valence-electron chi connectivity index (χ2n) is 7.73. The Hall–Kier alpha value is -2.09. The first-order valence-corrected chi connectivity index (χ1v) is 11.3. The second-order valence-corrected chi connectivity index (χ2v) is 9.03. The van der Waals surface area contributed by atoms with Crippen LogP contribution in [0.2, 0.25) is 5.02 Å². The summed E-state index contributed by atoms with van der Waals surface area (Å²) in [6, 6.07) is 5.45. The zero-order valence-corrected chi connectivity index (χ0v) is 18.7. The number of nitrogens with zero attached hydrogens (tertiary/aromatic N) is 4. The molecule has 0 N–H and O–H groups in total. The molecule has 0 fully saturated rings. The molecule has 0 radical (unpaired) electrons. The molecule has 8 heteroatoms. The van der Waals surface area contributed by atoms with Crippen LogP contribution < -0.4 is 5.63 Å². The number of benzene rings is 1. The molecule has 2 aromatic heterocycles. The van der Waals surface area contributed by atoms with Gasteiger partial charge in [-0.15, -0.1) is 0 Å². The van der Waals surface area contributed by atoms with E-state index < -0.39 is 0 Å². The number of rotatable bonds is 3. The maximum Gasteiger partial charge on any atom is 0.342 e. The summed E-state index contributed by atoms with van der Waals surface area (Å²) < 4.78 is 6.39. The molecular weight excluding hydrogens is 468 g/mol. The van der Waals surface area contributed by atoms with Crippen LogP contribution in [0.3, 0.4) is 0 Å². The molecule has 154 valence electrons. The van der Waals surface area contributed by atoms with E-state index in [4.69, 9.17) is 21.0 Å². The quantitative estimate of drug-likeness (QED) is 0.508. The molecule has 4 heterocycles. The average Bonchev–Trinajstić information content (AvgIpc) is 2.77. The molecule has 6 nitrogen and oxygen atoms in total. The van der Waals surface area contributed by atoms with Gasteiger partial charge in [-0.05, 0) is 37.5 Å². The number of hydrogen-bond donors (Lipinski definition) is 0. The van der Waals surface area contributed by atoms with Crippen molar-refractivity contribution in [2.75, 3.05) is 13.1 Å². The standard InChI is InChI=1S/C22H20BrClN4O2/c23-14-4-5-19-15(9-14)20(24)16(22(29)30-19)12-28-8-6-17-13(11-28)10-26-21(27-17)18-3-1-2-7-25-18/h4-5,9-10H,1-3,6-8,11-12H2. The molecule has 2 aliphatic heterocycles. The van der Waals surface area contributed by atoms with Gasteiger partial charge in [0.25, 0.3) is 0 Å². The summed E-state index contributed by atoms with van der Waals surface area (Å²) in [6.45, 7) is 2.77. The first-order valence-electron chi connectivity index (χ1n) is 10.1. The second kappa shape index (κ2) is 8.21. The van der Waals surface area contributed by atoms with E-state index in [2.05, 4.69) is 30.8 Å². The van der Waals surface area contributed by atoms with Crippen molar-refractivity contribution in [1.82, 2.24) is 14.9 Å². The summed E-state index contributed by atoms with van der Waals surface area (Å²) in [5.41, 5.74) is 3.78. The number of hydrogen-bond acceptors (Lipinski definition) is 6. The van der Waals surface area contributed by atoms with Crippen LogP contribution in [0.4, 0.5) is 0 Å². The van der Waals surface area contributed by atoms with Crippen molar-refractivity contribution >= 4 is 44.2 Å². The Labute approximate surface area is 187 Å². The molecule has 0 aliphatic carbocycles. The van der Waals surface area contributed by atoms with Crippen molar-refractivity contribution in [3.05, 3.63) is 67.0 Å². The Morgan fingerprint density at radius 3 is 2.97 bits per heavy atom. The zero-order chi connectivity index (χ0) is 20.7. The van der Waals surface area contributed by atoms with Crippen molar-refractivity contribution in [3.63, 3.8) is 0 Å². The van der Waals surface area contributed by atoms with Gasteiger partial charge >= 0.3 is 5.63 Å². The van der Waals surface area contributed by atoms with Gasteiger partial charge < -0.3 is 4.42 Å². The number of halogens is 2. The smallest absolute Gasteiger partial charge is 0.342 e. The minimum atomic E-state index is -0.387. The van der Waals surface area contributed by atoms with Gasteiger partial charge in [0, 0.05) is 54.2 Å². The van der Waals surface area contributed by atoms with Gasteiger partial charge in [-0.25, -0.2) is 14.8 Å². The highest BCUT2D eigenvalue weighted by Gasteiger charge is 2.23. The van der Waals surface area contributed by atoms with Crippen molar-refractivity contribution in [2.45, 2.75) is 38.8 Å². The lowest BCUT2D eigenvalue weighted by Gasteiger charge is -2.28. The predicted molar refractivity (Wildman–Crippen MR) is 120 cm³/mol. The summed E-state index contributed by atoms with van der Waals surface area (Å²) in [5.74, 6) is 0.769. The summed E-state index contributed by atoms with van der Waals surface area (Å²) in [4.78, 5) is 28.7. The van der Waals surface area contributed by atoms with E-state index in [0.29, 0.717) is 29.3 Å². The van der Waals surface area contributed by atoms with Gasteiger partial charge in [-0.1, -0.05) is 27.5 Å². The van der Waals surface area contributed by atoms with Crippen molar-refractivity contribution in [1.29, 1.82) is 0 Å². The van der Waals surface area contributed by atoms with E-state index in [1.54, 1.807) is 6.07 Å². The third-order valence-electron chi connectivity index (χ3n) is 5.67. The summed E-state index contributed by atoms with van der Waals surface area (Å²) >= 11 is 10.0. The van der Waals surface area contributed by atoms with Crippen molar-refractivity contribution in [2.24, 2.45) is 4.99 Å². The maximum atomic E-state index is 12.6. The lowest BCUT2D eigenvalue weighted by atomic mass is 10.0. The van der Waals surface area contributed by atoms with E-state index in [-0.39, 0.29) is 5.63 Å². The first-order chi connectivity index (χ1) is 14.6. The molecule has 2 aliphatic rings. The van der Waals surface area contributed by atoms with Gasteiger partial charge in [0.1, 0.15) is 5.58 Å². The van der Waals surface area contributed by atoms with Crippen LogP contribution in [0.15, 0.2) is 43.1 Å².